The first-order valence-corrected chi connectivity index (χ1v) is 8.48. The normalized spacial score (nSPS) is 11.4. The van der Waals surface area contributed by atoms with Gasteiger partial charge in [-0.05, 0) is 54.4 Å². The van der Waals surface area contributed by atoms with E-state index in [0.717, 1.165) is 11.3 Å². The number of para-hydroxylation sites is 1. The van der Waals surface area contributed by atoms with Crippen LogP contribution in [0, 0.1) is 17.5 Å². The largest absolute Gasteiger partial charge is 0.491 e. The van der Waals surface area contributed by atoms with Crippen molar-refractivity contribution < 1.29 is 9.13 Å². The number of imidazole rings is 1. The lowest BCUT2D eigenvalue weighted by atomic mass is 10.0. The molecule has 0 saturated heterocycles. The molecule has 0 fully saturated rings. The Morgan fingerprint density at radius 2 is 2.04 bits per heavy atom. The second kappa shape index (κ2) is 6.77. The predicted molar refractivity (Wildman–Crippen MR) is 97.8 cm³/mol. The molecule has 0 saturated carbocycles. The molecule has 0 spiro atoms. The van der Waals surface area contributed by atoms with E-state index in [1.807, 2.05) is 19.1 Å². The zero-order valence-electron chi connectivity index (χ0n) is 14.1. The van der Waals surface area contributed by atoms with E-state index in [-0.39, 0.29) is 5.82 Å². The highest BCUT2D eigenvalue weighted by molar-refractivity contribution is 7.71. The Labute approximate surface area is 146 Å². The maximum atomic E-state index is 14.1. The molecule has 0 radical (unpaired) electrons. The number of H-pyrrole nitrogens is 1. The first kappa shape index (κ1) is 16.7. The summed E-state index contributed by atoms with van der Waals surface area (Å²) in [4.78, 5) is 3.04. The number of aromatic amines is 1. The van der Waals surface area contributed by atoms with Crippen molar-refractivity contribution in [1.29, 1.82) is 0 Å². The van der Waals surface area contributed by atoms with Crippen molar-refractivity contribution in [1.82, 2.24) is 9.55 Å². The highest BCUT2D eigenvalue weighted by atomic mass is 32.1. The summed E-state index contributed by atoms with van der Waals surface area (Å²) in [6.45, 7) is 7.25. The number of rotatable bonds is 5. The number of nitrogens with zero attached hydrogens (tertiary/aromatic N) is 1. The Bertz CT molecular complexity index is 927. The molecule has 3 nitrogen and oxygen atoms in total. The summed E-state index contributed by atoms with van der Waals surface area (Å²) >= 11 is 5.32. The molecule has 5 heteroatoms. The molecular formula is C19H21FN2OS. The van der Waals surface area contributed by atoms with Crippen LogP contribution in [0.3, 0.4) is 0 Å². The number of benzene rings is 2. The van der Waals surface area contributed by atoms with Crippen molar-refractivity contribution in [3.63, 3.8) is 0 Å². The van der Waals surface area contributed by atoms with Gasteiger partial charge in [-0.3, -0.25) is 0 Å². The van der Waals surface area contributed by atoms with Gasteiger partial charge in [0.1, 0.15) is 23.7 Å². The molecule has 3 rings (SSSR count). The monoisotopic (exact) mass is 344 g/mol. The van der Waals surface area contributed by atoms with E-state index >= 15 is 0 Å². The van der Waals surface area contributed by atoms with E-state index in [9.17, 15) is 4.39 Å². The Morgan fingerprint density at radius 3 is 2.79 bits per heavy atom. The fourth-order valence-corrected chi connectivity index (χ4v) is 3.17. The third-order valence-corrected chi connectivity index (χ3v) is 4.43. The lowest BCUT2D eigenvalue weighted by Crippen LogP contribution is -2.10. The molecule has 0 aliphatic carbocycles. The van der Waals surface area contributed by atoms with Crippen LogP contribution in [0.4, 0.5) is 4.39 Å². The Kier molecular flexibility index (Phi) is 4.71. The maximum Gasteiger partial charge on any atom is 0.178 e. The van der Waals surface area contributed by atoms with Gasteiger partial charge in [0, 0.05) is 0 Å². The van der Waals surface area contributed by atoms with E-state index < -0.39 is 0 Å². The number of hydrogen-bond donors (Lipinski definition) is 1. The molecule has 24 heavy (non-hydrogen) atoms. The Balaban J connectivity index is 1.82. The maximum absolute atomic E-state index is 14.1. The molecule has 0 bridgehead atoms. The quantitative estimate of drug-likeness (QED) is 0.632. The Morgan fingerprint density at radius 1 is 1.25 bits per heavy atom. The minimum absolute atomic E-state index is 0.279. The summed E-state index contributed by atoms with van der Waals surface area (Å²) in [6, 6.07) is 11.2. The summed E-state index contributed by atoms with van der Waals surface area (Å²) in [5.74, 6) is 0.989. The molecule has 0 atom stereocenters. The molecular weight excluding hydrogens is 323 g/mol. The van der Waals surface area contributed by atoms with Crippen molar-refractivity contribution >= 4 is 23.3 Å². The molecule has 0 amide bonds. The van der Waals surface area contributed by atoms with Crippen LogP contribution in [0.1, 0.15) is 30.9 Å². The smallest absolute Gasteiger partial charge is 0.178 e. The topological polar surface area (TPSA) is 29.9 Å². The van der Waals surface area contributed by atoms with Gasteiger partial charge in [-0.2, -0.15) is 0 Å². The third kappa shape index (κ3) is 3.22. The van der Waals surface area contributed by atoms with Crippen LogP contribution in [0.2, 0.25) is 0 Å². The molecule has 0 unspecified atom stereocenters. The fraction of sp³-hybridized carbons (Fsp3) is 0.316. The first-order valence-electron chi connectivity index (χ1n) is 8.07. The van der Waals surface area contributed by atoms with Crippen molar-refractivity contribution in [2.45, 2.75) is 33.2 Å². The molecule has 2 aromatic carbocycles. The van der Waals surface area contributed by atoms with Crippen molar-refractivity contribution in [3.8, 4) is 5.75 Å². The van der Waals surface area contributed by atoms with E-state index in [1.54, 1.807) is 10.6 Å². The average Bonchev–Trinajstić information content (AvgIpc) is 2.84. The third-order valence-electron chi connectivity index (χ3n) is 4.11. The van der Waals surface area contributed by atoms with Gasteiger partial charge >= 0.3 is 0 Å². The molecule has 1 heterocycles. The van der Waals surface area contributed by atoms with Crippen molar-refractivity contribution in [3.05, 3.63) is 58.1 Å². The lowest BCUT2D eigenvalue weighted by molar-refractivity contribution is 0.295. The number of halogens is 1. The van der Waals surface area contributed by atoms with Crippen LogP contribution < -0.4 is 4.74 Å². The standard InChI is InChI=1S/C19H21FN2OS/c1-12(2)14-8-7-13(3)11-17(14)23-10-9-22-18-15(20)5-4-6-16(18)21-19(22)24/h4-8,11-12H,9-10H2,1-3H3,(H,21,24). The van der Waals surface area contributed by atoms with E-state index in [0.29, 0.717) is 34.9 Å². The molecule has 1 N–H and O–H groups in total. The molecule has 126 valence electrons. The van der Waals surface area contributed by atoms with Gasteiger partial charge in [0.25, 0.3) is 0 Å². The minimum atomic E-state index is -0.279. The number of aryl methyl sites for hydroxylation is 1. The zero-order chi connectivity index (χ0) is 17.3. The van der Waals surface area contributed by atoms with Crippen molar-refractivity contribution in [2.75, 3.05) is 6.61 Å². The zero-order valence-corrected chi connectivity index (χ0v) is 14.9. The van der Waals surface area contributed by atoms with Crippen molar-refractivity contribution in [2.24, 2.45) is 0 Å². The number of fused-ring (bicyclic) bond motifs is 1. The first-order chi connectivity index (χ1) is 11.5. The predicted octanol–water partition coefficient (Wildman–Crippen LogP) is 5.35. The summed E-state index contributed by atoms with van der Waals surface area (Å²) in [6.07, 6.45) is 0. The Hall–Kier alpha value is -2.14. The summed E-state index contributed by atoms with van der Waals surface area (Å²) < 4.78 is 22.4. The summed E-state index contributed by atoms with van der Waals surface area (Å²) in [5.41, 5.74) is 3.54. The van der Waals surface area contributed by atoms with Gasteiger partial charge in [0.2, 0.25) is 0 Å². The van der Waals surface area contributed by atoms with E-state index in [2.05, 4.69) is 31.0 Å². The van der Waals surface area contributed by atoms with Gasteiger partial charge < -0.3 is 14.3 Å². The molecule has 0 aliphatic rings. The second-order valence-corrected chi connectivity index (χ2v) is 6.65. The SMILES string of the molecule is Cc1ccc(C(C)C)c(OCCn2c(=S)[nH]c3cccc(F)c32)c1. The fourth-order valence-electron chi connectivity index (χ4n) is 2.88. The van der Waals surface area contributed by atoms with Gasteiger partial charge in [-0.1, -0.05) is 32.0 Å². The van der Waals surface area contributed by atoms with Gasteiger partial charge in [-0.25, -0.2) is 4.39 Å². The molecule has 3 aromatic rings. The minimum Gasteiger partial charge on any atom is -0.491 e. The highest BCUT2D eigenvalue weighted by Gasteiger charge is 2.11. The lowest BCUT2D eigenvalue weighted by Gasteiger charge is -2.15. The van der Waals surface area contributed by atoms with Crippen LogP contribution in [-0.4, -0.2) is 16.2 Å². The average molecular weight is 344 g/mol. The van der Waals surface area contributed by atoms with Crippen LogP contribution in [0.25, 0.3) is 11.0 Å². The number of nitrogens with one attached hydrogen (secondary N) is 1. The van der Waals surface area contributed by atoms with Crippen LogP contribution in [0.5, 0.6) is 5.75 Å². The van der Waals surface area contributed by atoms with Crippen LogP contribution in [-0.2, 0) is 6.54 Å². The van der Waals surface area contributed by atoms with E-state index in [1.165, 1.54) is 11.6 Å². The molecule has 1 aromatic heterocycles. The second-order valence-electron chi connectivity index (χ2n) is 6.26. The summed E-state index contributed by atoms with van der Waals surface area (Å²) in [7, 11) is 0. The van der Waals surface area contributed by atoms with E-state index in [4.69, 9.17) is 17.0 Å². The molecule has 0 aliphatic heterocycles. The van der Waals surface area contributed by atoms with Gasteiger partial charge in [0.05, 0.1) is 12.1 Å². The number of hydrogen-bond acceptors (Lipinski definition) is 2. The van der Waals surface area contributed by atoms with Gasteiger partial charge in [-0.15, -0.1) is 0 Å². The van der Waals surface area contributed by atoms with Gasteiger partial charge in [0.15, 0.2) is 4.77 Å². The highest BCUT2D eigenvalue weighted by Crippen LogP contribution is 2.27. The number of aromatic nitrogens is 2. The van der Waals surface area contributed by atoms with Crippen LogP contribution >= 0.6 is 12.2 Å². The number of ether oxygens (including phenoxy) is 1. The van der Waals surface area contributed by atoms with Crippen LogP contribution in [0.15, 0.2) is 36.4 Å². The summed E-state index contributed by atoms with van der Waals surface area (Å²) in [5, 5.41) is 0.